The van der Waals surface area contributed by atoms with Crippen molar-refractivity contribution >= 4 is 11.8 Å². The van der Waals surface area contributed by atoms with E-state index in [9.17, 15) is 18.4 Å². The maximum atomic E-state index is 14.1. The summed E-state index contributed by atoms with van der Waals surface area (Å²) >= 11 is 0. The van der Waals surface area contributed by atoms with Crippen LogP contribution in [0.15, 0.2) is 36.7 Å². The van der Waals surface area contributed by atoms with Crippen LogP contribution in [0.3, 0.4) is 0 Å². The number of hydrogen-bond acceptors (Lipinski definition) is 3. The van der Waals surface area contributed by atoms with Gasteiger partial charge in [0.25, 0.3) is 5.91 Å². The highest BCUT2D eigenvalue weighted by Gasteiger charge is 2.26. The minimum absolute atomic E-state index is 0.0369. The first-order valence-electron chi connectivity index (χ1n) is 7.92. The topological polar surface area (TPSA) is 53.5 Å². The van der Waals surface area contributed by atoms with Crippen LogP contribution >= 0.6 is 0 Å². The zero-order valence-electron chi connectivity index (χ0n) is 13.7. The van der Waals surface area contributed by atoms with Gasteiger partial charge in [-0.25, -0.2) is 8.78 Å². The van der Waals surface area contributed by atoms with Crippen LogP contribution in [0.25, 0.3) is 11.1 Å². The molecule has 2 amide bonds. The molecular formula is C18H17F2N3O2. The molecule has 0 saturated carbocycles. The van der Waals surface area contributed by atoms with Crippen molar-refractivity contribution in [2.45, 2.75) is 6.92 Å². The Kier molecular flexibility index (Phi) is 4.74. The minimum atomic E-state index is -0.747. The van der Waals surface area contributed by atoms with Crippen LogP contribution in [0.4, 0.5) is 8.78 Å². The zero-order valence-corrected chi connectivity index (χ0v) is 13.7. The Morgan fingerprint density at radius 2 is 1.60 bits per heavy atom. The van der Waals surface area contributed by atoms with Crippen molar-refractivity contribution in [2.24, 2.45) is 0 Å². The van der Waals surface area contributed by atoms with Gasteiger partial charge in [-0.15, -0.1) is 0 Å². The van der Waals surface area contributed by atoms with Gasteiger partial charge in [-0.2, -0.15) is 0 Å². The molecule has 0 N–H and O–H groups in total. The van der Waals surface area contributed by atoms with E-state index >= 15 is 0 Å². The number of piperazine rings is 1. The van der Waals surface area contributed by atoms with E-state index in [1.807, 2.05) is 0 Å². The Bertz CT molecular complexity index is 797. The maximum Gasteiger partial charge on any atom is 0.254 e. The highest BCUT2D eigenvalue weighted by atomic mass is 19.1. The van der Waals surface area contributed by atoms with Gasteiger partial charge < -0.3 is 9.80 Å². The van der Waals surface area contributed by atoms with Gasteiger partial charge in [0.05, 0.1) is 11.1 Å². The van der Waals surface area contributed by atoms with Crippen LogP contribution in [0, 0.1) is 11.6 Å². The first-order chi connectivity index (χ1) is 12.0. The van der Waals surface area contributed by atoms with Crippen LogP contribution in [-0.2, 0) is 4.79 Å². The van der Waals surface area contributed by atoms with Gasteiger partial charge in [-0.05, 0) is 18.2 Å². The third-order valence-electron chi connectivity index (χ3n) is 4.30. The zero-order chi connectivity index (χ0) is 18.0. The molecule has 130 valence electrons. The first kappa shape index (κ1) is 17.0. The smallest absolute Gasteiger partial charge is 0.254 e. The first-order valence-corrected chi connectivity index (χ1v) is 7.92. The molecule has 0 unspecified atom stereocenters. The Hall–Kier alpha value is -2.83. The predicted octanol–water partition coefficient (Wildman–Crippen LogP) is 2.33. The molecule has 1 aromatic heterocycles. The fraction of sp³-hybridized carbons (Fsp3) is 0.278. The largest absolute Gasteiger partial charge is 0.339 e. The maximum absolute atomic E-state index is 14.1. The van der Waals surface area contributed by atoms with Gasteiger partial charge in [-0.3, -0.25) is 14.6 Å². The molecule has 7 heteroatoms. The number of nitrogens with zero attached hydrogens (tertiary/aromatic N) is 3. The molecule has 25 heavy (non-hydrogen) atoms. The number of carbonyl (C=O) groups is 2. The third kappa shape index (κ3) is 3.35. The predicted molar refractivity (Wildman–Crippen MR) is 87.7 cm³/mol. The van der Waals surface area contributed by atoms with E-state index in [0.29, 0.717) is 26.2 Å². The molecule has 0 spiro atoms. The second kappa shape index (κ2) is 6.96. The Morgan fingerprint density at radius 1 is 1.00 bits per heavy atom. The number of amides is 2. The summed E-state index contributed by atoms with van der Waals surface area (Å²) in [6.45, 7) is 3.12. The number of hydrogen-bond donors (Lipinski definition) is 0. The van der Waals surface area contributed by atoms with E-state index in [1.54, 1.807) is 9.80 Å². The minimum Gasteiger partial charge on any atom is -0.339 e. The number of carbonyl (C=O) groups excluding carboxylic acids is 2. The van der Waals surface area contributed by atoms with Crippen LogP contribution in [0.5, 0.6) is 0 Å². The van der Waals surface area contributed by atoms with Crippen molar-refractivity contribution in [3.8, 4) is 11.1 Å². The lowest BCUT2D eigenvalue weighted by Crippen LogP contribution is -2.50. The van der Waals surface area contributed by atoms with E-state index in [-0.39, 0.29) is 28.5 Å². The summed E-state index contributed by atoms with van der Waals surface area (Å²) in [7, 11) is 0. The van der Waals surface area contributed by atoms with Crippen LogP contribution in [0.2, 0.25) is 0 Å². The van der Waals surface area contributed by atoms with Gasteiger partial charge in [0.1, 0.15) is 11.6 Å². The molecule has 3 rings (SSSR count). The van der Waals surface area contributed by atoms with E-state index < -0.39 is 11.6 Å². The molecule has 0 atom stereocenters. The quantitative estimate of drug-likeness (QED) is 0.839. The second-order valence-electron chi connectivity index (χ2n) is 5.82. The number of rotatable bonds is 2. The summed E-state index contributed by atoms with van der Waals surface area (Å²) in [5.74, 6) is -1.86. The lowest BCUT2D eigenvalue weighted by atomic mass is 10.00. The highest BCUT2D eigenvalue weighted by Crippen LogP contribution is 2.29. The molecular weight excluding hydrogens is 328 g/mol. The molecule has 1 aliphatic heterocycles. The summed E-state index contributed by atoms with van der Waals surface area (Å²) in [5, 5.41) is 0. The van der Waals surface area contributed by atoms with Crippen molar-refractivity contribution in [3.05, 3.63) is 53.9 Å². The van der Waals surface area contributed by atoms with Crippen LogP contribution in [-0.4, -0.2) is 52.8 Å². The Morgan fingerprint density at radius 3 is 2.20 bits per heavy atom. The van der Waals surface area contributed by atoms with Crippen LogP contribution in [0.1, 0.15) is 17.3 Å². The van der Waals surface area contributed by atoms with Crippen molar-refractivity contribution in [1.82, 2.24) is 14.8 Å². The summed E-state index contributed by atoms with van der Waals surface area (Å²) in [6.07, 6.45) is 2.71. The molecule has 1 aromatic carbocycles. The second-order valence-corrected chi connectivity index (χ2v) is 5.82. The lowest BCUT2D eigenvalue weighted by Gasteiger charge is -2.34. The molecule has 5 nitrogen and oxygen atoms in total. The number of halogens is 2. The summed E-state index contributed by atoms with van der Waals surface area (Å²) in [5.41, 5.74) is 0.0497. The Labute approximate surface area is 143 Å². The van der Waals surface area contributed by atoms with E-state index in [4.69, 9.17) is 0 Å². The number of benzene rings is 1. The average molecular weight is 345 g/mol. The monoisotopic (exact) mass is 345 g/mol. The Balaban J connectivity index is 1.92. The molecule has 0 aliphatic carbocycles. The normalized spacial score (nSPS) is 14.5. The van der Waals surface area contributed by atoms with Crippen molar-refractivity contribution in [2.75, 3.05) is 26.2 Å². The van der Waals surface area contributed by atoms with Crippen molar-refractivity contribution < 1.29 is 18.4 Å². The summed E-state index contributed by atoms with van der Waals surface area (Å²) < 4.78 is 28.3. The number of pyridine rings is 1. The van der Waals surface area contributed by atoms with Gasteiger partial charge in [0.15, 0.2) is 0 Å². The molecule has 1 fully saturated rings. The molecule has 1 saturated heterocycles. The molecule has 1 aliphatic rings. The molecule has 2 aromatic rings. The highest BCUT2D eigenvalue weighted by molar-refractivity contribution is 6.00. The third-order valence-corrected chi connectivity index (χ3v) is 4.30. The van der Waals surface area contributed by atoms with E-state index in [0.717, 1.165) is 12.1 Å². The van der Waals surface area contributed by atoms with Gasteiger partial charge >= 0.3 is 0 Å². The van der Waals surface area contributed by atoms with Gasteiger partial charge in [0, 0.05) is 51.1 Å². The molecule has 0 bridgehead atoms. The lowest BCUT2D eigenvalue weighted by molar-refractivity contribution is -0.130. The standard InChI is InChI=1S/C18H17F2N3O2/c1-12(24)22-7-9-23(10-8-22)18(25)13-5-6-21-11-14(13)17-15(19)3-2-4-16(17)20/h2-6,11H,7-10H2,1H3. The number of aromatic nitrogens is 1. The van der Waals surface area contributed by atoms with Gasteiger partial charge in [0.2, 0.25) is 5.91 Å². The fourth-order valence-corrected chi connectivity index (χ4v) is 2.93. The van der Waals surface area contributed by atoms with Crippen LogP contribution < -0.4 is 0 Å². The van der Waals surface area contributed by atoms with Crippen molar-refractivity contribution in [1.29, 1.82) is 0 Å². The SMILES string of the molecule is CC(=O)N1CCN(C(=O)c2ccncc2-c2c(F)cccc2F)CC1. The summed E-state index contributed by atoms with van der Waals surface area (Å²) in [6, 6.07) is 5.02. The van der Waals surface area contributed by atoms with E-state index in [2.05, 4.69) is 4.98 Å². The van der Waals surface area contributed by atoms with E-state index in [1.165, 1.54) is 31.5 Å². The molecule has 2 heterocycles. The van der Waals surface area contributed by atoms with Crippen molar-refractivity contribution in [3.63, 3.8) is 0 Å². The fourth-order valence-electron chi connectivity index (χ4n) is 2.93. The average Bonchev–Trinajstić information content (AvgIpc) is 2.61. The van der Waals surface area contributed by atoms with Gasteiger partial charge in [-0.1, -0.05) is 6.07 Å². The molecule has 0 radical (unpaired) electrons. The summed E-state index contributed by atoms with van der Waals surface area (Å²) in [4.78, 5) is 31.4.